The molecule has 0 bridgehead atoms. The summed E-state index contributed by atoms with van der Waals surface area (Å²) in [5.41, 5.74) is 0.582. The van der Waals surface area contributed by atoms with Crippen LogP contribution in [0.4, 0.5) is 0 Å². The zero-order valence-corrected chi connectivity index (χ0v) is 14.8. The van der Waals surface area contributed by atoms with E-state index >= 15 is 0 Å². The molecule has 1 aromatic rings. The molecule has 0 aliphatic carbocycles. The zero-order valence-electron chi connectivity index (χ0n) is 12.4. The van der Waals surface area contributed by atoms with Gasteiger partial charge in [0.05, 0.1) is 4.90 Å². The second-order valence-electron chi connectivity index (χ2n) is 5.64. The van der Waals surface area contributed by atoms with Crippen LogP contribution in [0.25, 0.3) is 0 Å². The summed E-state index contributed by atoms with van der Waals surface area (Å²) in [6.07, 6.45) is 0.795. The summed E-state index contributed by atoms with van der Waals surface area (Å²) in [5.74, 6) is 0. The van der Waals surface area contributed by atoms with Crippen molar-refractivity contribution in [2.24, 2.45) is 5.41 Å². The lowest BCUT2D eigenvalue weighted by Crippen LogP contribution is -2.35. The number of methoxy groups -OCH3 is 1. The Morgan fingerprint density at radius 1 is 1.35 bits per heavy atom. The predicted molar refractivity (Wildman–Crippen MR) is 84.3 cm³/mol. The number of aryl methyl sites for hydroxylation is 1. The molecule has 0 unspecified atom stereocenters. The molecular formula is C14H22BrNO3S. The molecule has 0 fully saturated rings. The largest absolute Gasteiger partial charge is 0.385 e. The van der Waals surface area contributed by atoms with Crippen molar-refractivity contribution in [3.63, 3.8) is 0 Å². The van der Waals surface area contributed by atoms with E-state index in [1.807, 2.05) is 19.9 Å². The highest BCUT2D eigenvalue weighted by atomic mass is 79.9. The fraction of sp³-hybridized carbons (Fsp3) is 0.571. The third-order valence-corrected chi connectivity index (χ3v) is 5.20. The molecule has 0 saturated carbocycles. The molecule has 0 radical (unpaired) electrons. The Kier molecular flexibility index (Phi) is 6.19. The van der Waals surface area contributed by atoms with Crippen molar-refractivity contribution in [1.29, 1.82) is 0 Å². The van der Waals surface area contributed by atoms with E-state index < -0.39 is 10.0 Å². The predicted octanol–water partition coefficient (Wildman–Crippen LogP) is 3.10. The highest BCUT2D eigenvalue weighted by Gasteiger charge is 2.23. The van der Waals surface area contributed by atoms with E-state index in [0.29, 0.717) is 18.0 Å². The number of sulfonamides is 1. The summed E-state index contributed by atoms with van der Waals surface area (Å²) < 4.78 is 33.2. The van der Waals surface area contributed by atoms with Crippen LogP contribution in [0.2, 0.25) is 0 Å². The molecule has 0 atom stereocenters. The van der Waals surface area contributed by atoms with Gasteiger partial charge < -0.3 is 4.74 Å². The lowest BCUT2D eigenvalue weighted by Gasteiger charge is -2.24. The maximum atomic E-state index is 12.4. The fourth-order valence-electron chi connectivity index (χ4n) is 1.70. The van der Waals surface area contributed by atoms with Gasteiger partial charge >= 0.3 is 0 Å². The molecule has 0 heterocycles. The molecular weight excluding hydrogens is 342 g/mol. The summed E-state index contributed by atoms with van der Waals surface area (Å²) in [7, 11) is -1.85. The van der Waals surface area contributed by atoms with Crippen LogP contribution in [0.15, 0.2) is 27.6 Å². The van der Waals surface area contributed by atoms with E-state index in [1.54, 1.807) is 26.2 Å². The Bertz CT molecular complexity index is 556. The van der Waals surface area contributed by atoms with Crippen molar-refractivity contribution in [3.05, 3.63) is 28.2 Å². The summed E-state index contributed by atoms with van der Waals surface area (Å²) in [6.45, 7) is 6.82. The second-order valence-corrected chi connectivity index (χ2v) is 8.29. The van der Waals surface area contributed by atoms with Crippen molar-refractivity contribution in [2.75, 3.05) is 20.3 Å². The molecule has 114 valence electrons. The van der Waals surface area contributed by atoms with Gasteiger partial charge in [-0.15, -0.1) is 0 Å². The molecule has 1 N–H and O–H groups in total. The van der Waals surface area contributed by atoms with Gasteiger partial charge in [-0.1, -0.05) is 35.8 Å². The van der Waals surface area contributed by atoms with Crippen LogP contribution in [0.1, 0.15) is 25.8 Å². The third-order valence-electron chi connectivity index (χ3n) is 3.16. The first-order chi connectivity index (χ1) is 9.18. The normalized spacial score (nSPS) is 12.7. The van der Waals surface area contributed by atoms with E-state index in [1.165, 1.54) is 0 Å². The summed E-state index contributed by atoms with van der Waals surface area (Å²) in [4.78, 5) is 0.314. The van der Waals surface area contributed by atoms with Gasteiger partial charge in [0, 0.05) is 24.7 Å². The van der Waals surface area contributed by atoms with Crippen LogP contribution in [-0.2, 0) is 14.8 Å². The Labute approximate surface area is 130 Å². The van der Waals surface area contributed by atoms with Crippen LogP contribution >= 0.6 is 15.9 Å². The molecule has 1 rings (SSSR count). The van der Waals surface area contributed by atoms with Crippen LogP contribution in [-0.4, -0.2) is 28.7 Å². The van der Waals surface area contributed by atoms with Gasteiger partial charge in [0.25, 0.3) is 0 Å². The minimum atomic E-state index is -3.49. The summed E-state index contributed by atoms with van der Waals surface area (Å²) in [6, 6.07) is 5.24. The summed E-state index contributed by atoms with van der Waals surface area (Å²) in [5, 5.41) is 0. The first-order valence-corrected chi connectivity index (χ1v) is 8.70. The number of halogens is 1. The number of nitrogens with one attached hydrogen (secondary N) is 1. The highest BCUT2D eigenvalue weighted by Crippen LogP contribution is 2.23. The van der Waals surface area contributed by atoms with Crippen molar-refractivity contribution in [1.82, 2.24) is 4.72 Å². The lowest BCUT2D eigenvalue weighted by molar-refractivity contribution is 0.153. The maximum Gasteiger partial charge on any atom is 0.240 e. The molecule has 6 heteroatoms. The zero-order chi connectivity index (χ0) is 15.4. The van der Waals surface area contributed by atoms with Gasteiger partial charge in [0.2, 0.25) is 10.0 Å². The van der Waals surface area contributed by atoms with Gasteiger partial charge in [0.15, 0.2) is 0 Å². The van der Waals surface area contributed by atoms with Gasteiger partial charge in [-0.3, -0.25) is 0 Å². The molecule has 20 heavy (non-hydrogen) atoms. The highest BCUT2D eigenvalue weighted by molar-refractivity contribution is 9.10. The van der Waals surface area contributed by atoms with E-state index in [0.717, 1.165) is 16.5 Å². The average molecular weight is 364 g/mol. The molecule has 0 aliphatic heterocycles. The molecule has 0 aliphatic rings. The molecule has 4 nitrogen and oxygen atoms in total. The summed E-state index contributed by atoms with van der Waals surface area (Å²) >= 11 is 3.30. The Balaban J connectivity index is 2.83. The van der Waals surface area contributed by atoms with E-state index in [4.69, 9.17) is 4.74 Å². The first-order valence-electron chi connectivity index (χ1n) is 6.43. The SMILES string of the molecule is COCCC(C)(C)CNS(=O)(=O)c1cc(Br)ccc1C. The number of benzene rings is 1. The minimum absolute atomic E-state index is 0.150. The maximum absolute atomic E-state index is 12.4. The Hall–Kier alpha value is -0.430. The second kappa shape index (κ2) is 7.02. The van der Waals surface area contributed by atoms with Crippen molar-refractivity contribution >= 4 is 26.0 Å². The standard InChI is InChI=1S/C14H22BrNO3S/c1-11-5-6-12(15)9-13(11)20(17,18)16-10-14(2,3)7-8-19-4/h5-6,9,16H,7-8,10H2,1-4H3. The van der Waals surface area contributed by atoms with Crippen LogP contribution in [0.5, 0.6) is 0 Å². The van der Waals surface area contributed by atoms with E-state index in [9.17, 15) is 8.42 Å². The van der Waals surface area contributed by atoms with Gasteiger partial charge in [0.1, 0.15) is 0 Å². The number of hydrogen-bond donors (Lipinski definition) is 1. The Morgan fingerprint density at radius 2 is 2.00 bits per heavy atom. The monoisotopic (exact) mass is 363 g/mol. The number of ether oxygens (including phenoxy) is 1. The van der Waals surface area contributed by atoms with Gasteiger partial charge in [-0.05, 0) is 36.5 Å². The van der Waals surface area contributed by atoms with Crippen LogP contribution < -0.4 is 4.72 Å². The van der Waals surface area contributed by atoms with Gasteiger partial charge in [-0.2, -0.15) is 0 Å². The van der Waals surface area contributed by atoms with E-state index in [-0.39, 0.29) is 5.41 Å². The van der Waals surface area contributed by atoms with Gasteiger partial charge in [-0.25, -0.2) is 13.1 Å². The molecule has 0 amide bonds. The number of rotatable bonds is 7. The van der Waals surface area contributed by atoms with Crippen molar-refractivity contribution in [3.8, 4) is 0 Å². The fourth-order valence-corrected chi connectivity index (χ4v) is 3.72. The smallest absolute Gasteiger partial charge is 0.240 e. The minimum Gasteiger partial charge on any atom is -0.385 e. The lowest BCUT2D eigenvalue weighted by atomic mass is 9.90. The quantitative estimate of drug-likeness (QED) is 0.809. The van der Waals surface area contributed by atoms with Crippen LogP contribution in [0.3, 0.4) is 0 Å². The van der Waals surface area contributed by atoms with E-state index in [2.05, 4.69) is 20.7 Å². The average Bonchev–Trinajstić information content (AvgIpc) is 2.37. The third kappa shape index (κ3) is 5.16. The molecule has 0 spiro atoms. The van der Waals surface area contributed by atoms with Crippen molar-refractivity contribution in [2.45, 2.75) is 32.1 Å². The van der Waals surface area contributed by atoms with Crippen LogP contribution in [0, 0.1) is 12.3 Å². The molecule has 0 saturated heterocycles. The van der Waals surface area contributed by atoms with Crippen molar-refractivity contribution < 1.29 is 13.2 Å². The Morgan fingerprint density at radius 3 is 2.60 bits per heavy atom. The molecule has 1 aromatic carbocycles. The molecule has 0 aromatic heterocycles. The first kappa shape index (κ1) is 17.6. The topological polar surface area (TPSA) is 55.4 Å². The number of hydrogen-bond acceptors (Lipinski definition) is 3.